The second-order valence-corrected chi connectivity index (χ2v) is 10.2. The monoisotopic (exact) mass is 476 g/mol. The Labute approximate surface area is 191 Å². The zero-order valence-electron chi connectivity index (χ0n) is 18.4. The SMILES string of the molecule is COc1ccc(S(=O)(=O)N(C)C)cc1NC(=O)c1cccnc1SCc1c(C)noc1C. The van der Waals surface area contributed by atoms with Crippen molar-refractivity contribution >= 4 is 33.4 Å². The van der Waals surface area contributed by atoms with Gasteiger partial charge >= 0.3 is 0 Å². The van der Waals surface area contributed by atoms with E-state index in [4.69, 9.17) is 9.26 Å². The number of methoxy groups -OCH3 is 1. The minimum Gasteiger partial charge on any atom is -0.495 e. The quantitative estimate of drug-likeness (QED) is 0.492. The van der Waals surface area contributed by atoms with Crippen molar-refractivity contribution in [2.24, 2.45) is 0 Å². The van der Waals surface area contributed by atoms with Crippen LogP contribution in [0.15, 0.2) is 51.0 Å². The van der Waals surface area contributed by atoms with Crippen LogP contribution in [0.5, 0.6) is 5.75 Å². The largest absolute Gasteiger partial charge is 0.495 e. The molecule has 0 aliphatic carbocycles. The van der Waals surface area contributed by atoms with Crippen molar-refractivity contribution in [2.75, 3.05) is 26.5 Å². The summed E-state index contributed by atoms with van der Waals surface area (Å²) in [4.78, 5) is 17.5. The summed E-state index contributed by atoms with van der Waals surface area (Å²) in [7, 11) is 0.646. The lowest BCUT2D eigenvalue weighted by atomic mass is 10.2. The predicted molar refractivity (Wildman–Crippen MR) is 122 cm³/mol. The Morgan fingerprint density at radius 3 is 2.62 bits per heavy atom. The van der Waals surface area contributed by atoms with Crippen molar-refractivity contribution in [3.8, 4) is 5.75 Å². The topological polar surface area (TPSA) is 115 Å². The Kier molecular flexibility index (Phi) is 7.22. The Balaban J connectivity index is 1.88. The fraction of sp³-hybridized carbons (Fsp3) is 0.286. The number of pyridine rings is 1. The number of hydrogen-bond donors (Lipinski definition) is 1. The molecule has 0 saturated heterocycles. The average Bonchev–Trinajstić information content (AvgIpc) is 3.09. The number of aryl methyl sites for hydroxylation is 2. The molecule has 0 aliphatic rings. The summed E-state index contributed by atoms with van der Waals surface area (Å²) in [6, 6.07) is 7.63. The van der Waals surface area contributed by atoms with Gasteiger partial charge in [0.15, 0.2) is 0 Å². The van der Waals surface area contributed by atoms with Gasteiger partial charge in [-0.1, -0.05) is 5.16 Å². The van der Waals surface area contributed by atoms with Gasteiger partial charge in [0.05, 0.1) is 29.0 Å². The number of carbonyl (C=O) groups excluding carboxylic acids is 1. The Bertz CT molecular complexity index is 1220. The van der Waals surface area contributed by atoms with Crippen LogP contribution < -0.4 is 10.1 Å². The van der Waals surface area contributed by atoms with E-state index in [0.29, 0.717) is 22.1 Å². The number of hydrogen-bond acceptors (Lipinski definition) is 8. The highest BCUT2D eigenvalue weighted by Crippen LogP contribution is 2.31. The molecule has 170 valence electrons. The zero-order chi connectivity index (χ0) is 23.5. The number of anilines is 1. The molecule has 0 saturated carbocycles. The van der Waals surface area contributed by atoms with Crippen molar-refractivity contribution < 1.29 is 22.5 Å². The summed E-state index contributed by atoms with van der Waals surface area (Å²) >= 11 is 1.39. The van der Waals surface area contributed by atoms with Gasteiger partial charge in [-0.2, -0.15) is 0 Å². The van der Waals surface area contributed by atoms with Gasteiger partial charge in [-0.05, 0) is 44.2 Å². The molecule has 1 amide bonds. The number of aromatic nitrogens is 2. The van der Waals surface area contributed by atoms with Crippen molar-refractivity contribution in [1.82, 2.24) is 14.4 Å². The summed E-state index contributed by atoms with van der Waals surface area (Å²) in [6.45, 7) is 3.70. The number of benzene rings is 1. The molecular weight excluding hydrogens is 452 g/mol. The average molecular weight is 477 g/mol. The Morgan fingerprint density at radius 1 is 1.25 bits per heavy atom. The fourth-order valence-corrected chi connectivity index (χ4v) is 4.95. The van der Waals surface area contributed by atoms with E-state index in [9.17, 15) is 13.2 Å². The number of nitrogens with zero attached hydrogens (tertiary/aromatic N) is 3. The molecule has 2 aromatic heterocycles. The normalized spacial score (nSPS) is 11.6. The molecule has 0 bridgehead atoms. The van der Waals surface area contributed by atoms with Crippen molar-refractivity contribution in [3.05, 3.63) is 59.1 Å². The molecule has 32 heavy (non-hydrogen) atoms. The lowest BCUT2D eigenvalue weighted by molar-refractivity contribution is 0.102. The third-order valence-corrected chi connectivity index (χ3v) is 7.59. The molecule has 3 aromatic rings. The molecule has 3 rings (SSSR count). The van der Waals surface area contributed by atoms with Crippen LogP contribution in [0.2, 0.25) is 0 Å². The summed E-state index contributed by atoms with van der Waals surface area (Å²) in [5.41, 5.74) is 2.34. The molecule has 0 radical (unpaired) electrons. The Hall–Kier alpha value is -2.89. The van der Waals surface area contributed by atoms with E-state index < -0.39 is 15.9 Å². The molecule has 1 aromatic carbocycles. The summed E-state index contributed by atoms with van der Waals surface area (Å²) in [5, 5.41) is 7.23. The summed E-state index contributed by atoms with van der Waals surface area (Å²) < 4.78 is 36.6. The first-order valence-electron chi connectivity index (χ1n) is 9.56. The first-order valence-corrected chi connectivity index (χ1v) is 12.0. The van der Waals surface area contributed by atoms with E-state index >= 15 is 0 Å². The minimum atomic E-state index is -3.68. The molecule has 0 atom stereocenters. The molecule has 1 N–H and O–H groups in total. The van der Waals surface area contributed by atoms with Crippen molar-refractivity contribution in [1.29, 1.82) is 0 Å². The molecule has 0 spiro atoms. The number of sulfonamides is 1. The lowest BCUT2D eigenvalue weighted by Crippen LogP contribution is -2.22. The highest BCUT2D eigenvalue weighted by Gasteiger charge is 2.21. The first kappa shape index (κ1) is 23.8. The van der Waals surface area contributed by atoms with Gasteiger partial charge in [-0.3, -0.25) is 4.79 Å². The van der Waals surface area contributed by atoms with Gasteiger partial charge in [0.25, 0.3) is 5.91 Å². The second kappa shape index (κ2) is 9.72. The number of carbonyl (C=O) groups is 1. The highest BCUT2D eigenvalue weighted by atomic mass is 32.2. The van der Waals surface area contributed by atoms with Crippen molar-refractivity contribution in [2.45, 2.75) is 29.5 Å². The van der Waals surface area contributed by atoms with Crippen molar-refractivity contribution in [3.63, 3.8) is 0 Å². The first-order chi connectivity index (χ1) is 15.1. The molecule has 9 nitrogen and oxygen atoms in total. The number of nitrogens with one attached hydrogen (secondary N) is 1. The van der Waals surface area contributed by atoms with Crippen LogP contribution in [0.25, 0.3) is 0 Å². The second-order valence-electron chi connectivity index (χ2n) is 7.05. The van der Waals surface area contributed by atoms with Crippen LogP contribution in [0.3, 0.4) is 0 Å². The predicted octanol–water partition coefficient (Wildman–Crippen LogP) is 3.49. The number of rotatable bonds is 8. The highest BCUT2D eigenvalue weighted by molar-refractivity contribution is 7.98. The molecule has 11 heteroatoms. The van der Waals surface area contributed by atoms with Crippen LogP contribution in [0, 0.1) is 13.8 Å². The number of amides is 1. The maximum atomic E-state index is 13.1. The molecule has 0 aliphatic heterocycles. The van der Waals surface area contributed by atoms with Gasteiger partial charge in [0, 0.05) is 31.6 Å². The molecular formula is C21H24N4O5S2. The van der Waals surface area contributed by atoms with Crippen LogP contribution in [0.4, 0.5) is 5.69 Å². The maximum Gasteiger partial charge on any atom is 0.258 e. The number of ether oxygens (including phenoxy) is 1. The van der Waals surface area contributed by atoms with Gasteiger partial charge in [0.1, 0.15) is 16.5 Å². The lowest BCUT2D eigenvalue weighted by Gasteiger charge is -2.15. The summed E-state index contributed by atoms with van der Waals surface area (Å²) in [5.74, 6) is 1.17. The summed E-state index contributed by atoms with van der Waals surface area (Å²) in [6.07, 6.45) is 1.61. The van der Waals surface area contributed by atoms with Crippen LogP contribution in [-0.2, 0) is 15.8 Å². The molecule has 0 unspecified atom stereocenters. The Morgan fingerprint density at radius 2 is 2.00 bits per heavy atom. The van der Waals surface area contributed by atoms with E-state index in [1.807, 2.05) is 13.8 Å². The number of thioether (sulfide) groups is 1. The van der Waals surface area contributed by atoms with Gasteiger partial charge in [0.2, 0.25) is 10.0 Å². The molecule has 0 fully saturated rings. The molecule has 2 heterocycles. The van der Waals surface area contributed by atoms with E-state index in [1.54, 1.807) is 18.3 Å². The van der Waals surface area contributed by atoms with Gasteiger partial charge in [-0.25, -0.2) is 17.7 Å². The third-order valence-electron chi connectivity index (χ3n) is 4.75. The van der Waals surface area contributed by atoms with E-state index in [0.717, 1.165) is 21.3 Å². The van der Waals surface area contributed by atoms with E-state index in [2.05, 4.69) is 15.5 Å². The van der Waals surface area contributed by atoms with Crippen LogP contribution >= 0.6 is 11.8 Å². The van der Waals surface area contributed by atoms with Gasteiger partial charge < -0.3 is 14.6 Å². The third kappa shape index (κ3) is 4.95. The van der Waals surface area contributed by atoms with E-state index in [-0.39, 0.29) is 10.6 Å². The smallest absolute Gasteiger partial charge is 0.258 e. The van der Waals surface area contributed by atoms with Gasteiger partial charge in [-0.15, -0.1) is 11.8 Å². The fourth-order valence-electron chi connectivity index (χ4n) is 2.87. The standard InChI is InChI=1S/C21H24N4O5S2/c1-13-17(14(2)30-24-13)12-31-21-16(7-6-10-22-21)20(26)23-18-11-15(8-9-19(18)29-5)32(27,28)25(3)4/h6-11H,12H2,1-5H3,(H,23,26). The van der Waals surface area contributed by atoms with E-state index in [1.165, 1.54) is 51.2 Å². The van der Waals surface area contributed by atoms with Crippen LogP contribution in [0.1, 0.15) is 27.4 Å². The maximum absolute atomic E-state index is 13.1. The van der Waals surface area contributed by atoms with Crippen LogP contribution in [-0.4, -0.2) is 50.0 Å². The zero-order valence-corrected chi connectivity index (χ0v) is 20.0. The minimum absolute atomic E-state index is 0.0396.